The van der Waals surface area contributed by atoms with Crippen LogP contribution >= 0.6 is 0 Å². The minimum atomic E-state index is 0.565. The summed E-state index contributed by atoms with van der Waals surface area (Å²) in [5.41, 5.74) is 2.33. The molecule has 0 aliphatic carbocycles. The van der Waals surface area contributed by atoms with Crippen LogP contribution in [-0.2, 0) is 6.54 Å². The van der Waals surface area contributed by atoms with E-state index in [9.17, 15) is 0 Å². The molecule has 0 unspecified atom stereocenters. The zero-order valence-corrected chi connectivity index (χ0v) is 11.4. The molecule has 0 saturated heterocycles. The Hall–Kier alpha value is -2.74. The molecule has 2 aromatic rings. The third-order valence-corrected chi connectivity index (χ3v) is 2.84. The third-order valence-electron chi connectivity index (χ3n) is 2.84. The van der Waals surface area contributed by atoms with Crippen LogP contribution in [0.4, 0.5) is 5.69 Å². The van der Waals surface area contributed by atoms with E-state index in [2.05, 4.69) is 16.4 Å². The first-order valence-electron chi connectivity index (χ1n) is 6.07. The van der Waals surface area contributed by atoms with Crippen molar-refractivity contribution in [2.45, 2.75) is 6.54 Å². The van der Waals surface area contributed by atoms with Crippen molar-refractivity contribution in [2.24, 2.45) is 0 Å². The Balaban J connectivity index is 2.15. The van der Waals surface area contributed by atoms with Crippen molar-refractivity contribution < 1.29 is 9.47 Å². The Kier molecular flexibility index (Phi) is 4.40. The molecule has 0 atom stereocenters. The summed E-state index contributed by atoms with van der Waals surface area (Å²) in [6.07, 6.45) is 1.69. The standard InChI is InChI=1S/C15H15N3O2/c1-19-13-4-3-12(9-16)14(8-13)18-10-11-5-6-17-15(7-11)20-2/h3-8,18H,10H2,1-2H3. The fourth-order valence-electron chi connectivity index (χ4n) is 1.76. The number of pyridine rings is 1. The second-order valence-electron chi connectivity index (χ2n) is 4.08. The van der Waals surface area contributed by atoms with Crippen LogP contribution in [0, 0.1) is 11.3 Å². The molecule has 0 fully saturated rings. The van der Waals surface area contributed by atoms with E-state index in [1.807, 2.05) is 12.1 Å². The molecule has 2 rings (SSSR count). The molecule has 1 N–H and O–H groups in total. The first-order chi connectivity index (χ1) is 9.76. The SMILES string of the molecule is COc1ccc(C#N)c(NCc2ccnc(OC)c2)c1. The van der Waals surface area contributed by atoms with Gasteiger partial charge in [-0.15, -0.1) is 0 Å². The molecule has 5 nitrogen and oxygen atoms in total. The average molecular weight is 269 g/mol. The van der Waals surface area contributed by atoms with Gasteiger partial charge in [0.2, 0.25) is 5.88 Å². The average Bonchev–Trinajstić information content (AvgIpc) is 2.52. The maximum atomic E-state index is 9.10. The second-order valence-corrected chi connectivity index (χ2v) is 4.08. The Morgan fingerprint density at radius 3 is 2.75 bits per heavy atom. The molecule has 20 heavy (non-hydrogen) atoms. The van der Waals surface area contributed by atoms with Crippen molar-refractivity contribution in [2.75, 3.05) is 19.5 Å². The summed E-state index contributed by atoms with van der Waals surface area (Å²) in [4.78, 5) is 4.05. The van der Waals surface area contributed by atoms with Crippen molar-refractivity contribution in [1.29, 1.82) is 5.26 Å². The van der Waals surface area contributed by atoms with Gasteiger partial charge < -0.3 is 14.8 Å². The van der Waals surface area contributed by atoms with Crippen LogP contribution in [-0.4, -0.2) is 19.2 Å². The molecule has 0 amide bonds. The van der Waals surface area contributed by atoms with Gasteiger partial charge in [0, 0.05) is 24.9 Å². The zero-order chi connectivity index (χ0) is 14.4. The van der Waals surface area contributed by atoms with Crippen molar-refractivity contribution >= 4 is 5.69 Å². The lowest BCUT2D eigenvalue weighted by Gasteiger charge is -2.10. The molecule has 1 aromatic carbocycles. The molecular formula is C15H15N3O2. The van der Waals surface area contributed by atoms with Crippen molar-refractivity contribution in [1.82, 2.24) is 4.98 Å². The third kappa shape index (κ3) is 3.18. The minimum Gasteiger partial charge on any atom is -0.497 e. The van der Waals surface area contributed by atoms with Crippen LogP contribution < -0.4 is 14.8 Å². The van der Waals surface area contributed by atoms with E-state index in [4.69, 9.17) is 14.7 Å². The van der Waals surface area contributed by atoms with Crippen LogP contribution in [0.5, 0.6) is 11.6 Å². The topological polar surface area (TPSA) is 67.2 Å². The van der Waals surface area contributed by atoms with Gasteiger partial charge >= 0.3 is 0 Å². The first-order valence-corrected chi connectivity index (χ1v) is 6.07. The first kappa shape index (κ1) is 13.7. The quantitative estimate of drug-likeness (QED) is 0.903. The highest BCUT2D eigenvalue weighted by molar-refractivity contribution is 5.60. The molecule has 0 aliphatic heterocycles. The summed E-state index contributed by atoms with van der Waals surface area (Å²) >= 11 is 0. The van der Waals surface area contributed by atoms with Crippen molar-refractivity contribution in [3.63, 3.8) is 0 Å². The highest BCUT2D eigenvalue weighted by Crippen LogP contribution is 2.22. The zero-order valence-electron chi connectivity index (χ0n) is 11.4. The van der Waals surface area contributed by atoms with Crippen LogP contribution in [0.2, 0.25) is 0 Å². The molecular weight excluding hydrogens is 254 g/mol. The van der Waals surface area contributed by atoms with E-state index >= 15 is 0 Å². The lowest BCUT2D eigenvalue weighted by molar-refractivity contribution is 0.397. The number of methoxy groups -OCH3 is 2. The van der Waals surface area contributed by atoms with Gasteiger partial charge in [0.25, 0.3) is 0 Å². The Labute approximate surface area is 117 Å². The summed E-state index contributed by atoms with van der Waals surface area (Å²) in [5, 5.41) is 12.3. The Morgan fingerprint density at radius 1 is 1.20 bits per heavy atom. The predicted molar refractivity (Wildman–Crippen MR) is 75.8 cm³/mol. The number of benzene rings is 1. The van der Waals surface area contributed by atoms with Crippen molar-refractivity contribution in [3.05, 3.63) is 47.7 Å². The maximum Gasteiger partial charge on any atom is 0.213 e. The van der Waals surface area contributed by atoms with Gasteiger partial charge in [0.05, 0.1) is 25.5 Å². The highest BCUT2D eigenvalue weighted by atomic mass is 16.5. The molecule has 102 valence electrons. The summed E-state index contributed by atoms with van der Waals surface area (Å²) in [6.45, 7) is 0.570. The number of anilines is 1. The number of nitrogens with one attached hydrogen (secondary N) is 1. The van der Waals surface area contributed by atoms with E-state index in [0.29, 0.717) is 23.7 Å². The molecule has 0 saturated carbocycles. The van der Waals surface area contributed by atoms with E-state index in [1.165, 1.54) is 0 Å². The summed E-state index contributed by atoms with van der Waals surface area (Å²) in [7, 11) is 3.17. The van der Waals surface area contributed by atoms with Crippen LogP contribution in [0.25, 0.3) is 0 Å². The lowest BCUT2D eigenvalue weighted by atomic mass is 10.1. The summed E-state index contributed by atoms with van der Waals surface area (Å²) < 4.78 is 10.2. The van der Waals surface area contributed by atoms with Gasteiger partial charge in [0.15, 0.2) is 0 Å². The number of hydrogen-bond acceptors (Lipinski definition) is 5. The minimum absolute atomic E-state index is 0.565. The molecule has 5 heteroatoms. The van der Waals surface area contributed by atoms with Gasteiger partial charge in [-0.05, 0) is 23.8 Å². The molecule has 0 aliphatic rings. The maximum absolute atomic E-state index is 9.10. The smallest absolute Gasteiger partial charge is 0.213 e. The highest BCUT2D eigenvalue weighted by Gasteiger charge is 2.04. The Bertz CT molecular complexity index is 635. The van der Waals surface area contributed by atoms with Crippen molar-refractivity contribution in [3.8, 4) is 17.7 Å². The molecule has 0 radical (unpaired) electrons. The lowest BCUT2D eigenvalue weighted by Crippen LogP contribution is -2.02. The van der Waals surface area contributed by atoms with Gasteiger partial charge in [-0.2, -0.15) is 5.26 Å². The van der Waals surface area contributed by atoms with E-state index in [1.54, 1.807) is 38.6 Å². The molecule has 0 bridgehead atoms. The fourth-order valence-corrected chi connectivity index (χ4v) is 1.76. The van der Waals surface area contributed by atoms with Gasteiger partial charge in [-0.1, -0.05) is 0 Å². The summed E-state index contributed by atoms with van der Waals surface area (Å²) in [6, 6.07) is 11.2. The van der Waals surface area contributed by atoms with Crippen LogP contribution in [0.15, 0.2) is 36.5 Å². The van der Waals surface area contributed by atoms with E-state index in [0.717, 1.165) is 11.3 Å². The van der Waals surface area contributed by atoms with Gasteiger partial charge in [-0.3, -0.25) is 0 Å². The largest absolute Gasteiger partial charge is 0.497 e. The number of nitrogens with zero attached hydrogens (tertiary/aromatic N) is 2. The number of ether oxygens (including phenoxy) is 2. The number of rotatable bonds is 5. The van der Waals surface area contributed by atoms with Crippen LogP contribution in [0.1, 0.15) is 11.1 Å². The normalized spacial score (nSPS) is 9.65. The molecule has 1 heterocycles. The number of hydrogen-bond donors (Lipinski definition) is 1. The molecule has 0 spiro atoms. The van der Waals surface area contributed by atoms with Crippen LogP contribution in [0.3, 0.4) is 0 Å². The number of nitriles is 1. The second kappa shape index (κ2) is 6.43. The van der Waals surface area contributed by atoms with E-state index in [-0.39, 0.29) is 0 Å². The predicted octanol–water partition coefficient (Wildman–Crippen LogP) is 2.58. The Morgan fingerprint density at radius 2 is 2.05 bits per heavy atom. The van der Waals surface area contributed by atoms with Gasteiger partial charge in [0.1, 0.15) is 11.8 Å². The monoisotopic (exact) mass is 269 g/mol. The number of aromatic nitrogens is 1. The fraction of sp³-hybridized carbons (Fsp3) is 0.200. The molecule has 1 aromatic heterocycles. The van der Waals surface area contributed by atoms with E-state index < -0.39 is 0 Å². The van der Waals surface area contributed by atoms with Gasteiger partial charge in [-0.25, -0.2) is 4.98 Å². The summed E-state index contributed by atoms with van der Waals surface area (Å²) in [5.74, 6) is 1.27.